The molecule has 1 amide bonds. The summed E-state index contributed by atoms with van der Waals surface area (Å²) >= 11 is 5.96. The fraction of sp³-hybridized carbons (Fsp3) is 0.579. The number of halogens is 5. The number of guanidine groups is 1. The van der Waals surface area contributed by atoms with E-state index in [1.54, 1.807) is 19.2 Å². The van der Waals surface area contributed by atoms with Gasteiger partial charge in [0, 0.05) is 51.2 Å². The van der Waals surface area contributed by atoms with Gasteiger partial charge in [0.25, 0.3) is 0 Å². The predicted octanol–water partition coefficient (Wildman–Crippen LogP) is 3.95. The van der Waals surface area contributed by atoms with Crippen molar-refractivity contribution >= 4 is 47.4 Å². The molecule has 1 aliphatic rings. The first-order valence-electron chi connectivity index (χ1n) is 9.33. The van der Waals surface area contributed by atoms with E-state index in [1.165, 1.54) is 0 Å². The Balaban J connectivity index is 0.00000420. The minimum Gasteiger partial charge on any atom is -0.356 e. The quantitative estimate of drug-likeness (QED) is 0.254. The summed E-state index contributed by atoms with van der Waals surface area (Å²) in [5, 5.41) is 3.72. The van der Waals surface area contributed by atoms with Gasteiger partial charge in [-0.05, 0) is 30.5 Å². The van der Waals surface area contributed by atoms with Crippen LogP contribution in [-0.2, 0) is 11.2 Å². The molecule has 0 aromatic heterocycles. The lowest BCUT2D eigenvalue weighted by Gasteiger charge is -2.36. The third-order valence-electron chi connectivity index (χ3n) is 4.56. The molecule has 29 heavy (non-hydrogen) atoms. The zero-order valence-electron chi connectivity index (χ0n) is 16.3. The molecule has 1 aromatic carbocycles. The van der Waals surface area contributed by atoms with E-state index in [1.807, 2.05) is 21.9 Å². The first-order valence-corrected chi connectivity index (χ1v) is 9.71. The molecular formula is C19H27ClF3IN4O. The maximum absolute atomic E-state index is 12.5. The lowest BCUT2D eigenvalue weighted by molar-refractivity contribution is -0.135. The van der Waals surface area contributed by atoms with Crippen molar-refractivity contribution in [2.45, 2.75) is 31.9 Å². The van der Waals surface area contributed by atoms with E-state index in [2.05, 4.69) is 10.3 Å². The van der Waals surface area contributed by atoms with Gasteiger partial charge in [-0.15, -0.1) is 24.0 Å². The largest absolute Gasteiger partial charge is 0.389 e. The second kappa shape index (κ2) is 12.5. The van der Waals surface area contributed by atoms with Crippen LogP contribution < -0.4 is 5.32 Å². The third-order valence-corrected chi connectivity index (χ3v) is 4.79. The van der Waals surface area contributed by atoms with Crippen molar-refractivity contribution in [2.75, 3.05) is 39.8 Å². The highest BCUT2D eigenvalue weighted by molar-refractivity contribution is 14.0. The maximum Gasteiger partial charge on any atom is 0.389 e. The maximum atomic E-state index is 12.5. The van der Waals surface area contributed by atoms with Gasteiger partial charge in [-0.25, -0.2) is 0 Å². The Hall–Kier alpha value is -1.23. The molecule has 1 heterocycles. The Labute approximate surface area is 191 Å². The first kappa shape index (κ1) is 25.8. The van der Waals surface area contributed by atoms with Crippen molar-refractivity contribution in [1.29, 1.82) is 0 Å². The van der Waals surface area contributed by atoms with Crippen molar-refractivity contribution < 1.29 is 18.0 Å². The summed E-state index contributed by atoms with van der Waals surface area (Å²) in [4.78, 5) is 20.5. The predicted molar refractivity (Wildman–Crippen MR) is 120 cm³/mol. The van der Waals surface area contributed by atoms with Gasteiger partial charge in [0.15, 0.2) is 5.96 Å². The summed E-state index contributed by atoms with van der Waals surface area (Å²) < 4.78 is 36.5. The molecule has 5 nitrogen and oxygen atoms in total. The number of nitrogens with one attached hydrogen (secondary N) is 1. The Morgan fingerprint density at radius 1 is 1.17 bits per heavy atom. The van der Waals surface area contributed by atoms with Crippen molar-refractivity contribution in [3.8, 4) is 0 Å². The van der Waals surface area contributed by atoms with Crippen molar-refractivity contribution in [3.63, 3.8) is 0 Å². The summed E-state index contributed by atoms with van der Waals surface area (Å²) in [5.74, 6) is 0.714. The SMILES string of the molecule is CN=C(NCCCCC(F)(F)F)N1CCN(C(=O)Cc2cccc(Cl)c2)CC1.I. The average molecular weight is 547 g/mol. The number of nitrogens with zero attached hydrogens (tertiary/aromatic N) is 3. The zero-order chi connectivity index (χ0) is 20.6. The molecule has 0 spiro atoms. The molecule has 1 saturated heterocycles. The number of hydrogen-bond donors (Lipinski definition) is 1. The van der Waals surface area contributed by atoms with Gasteiger partial charge in [0.2, 0.25) is 5.91 Å². The molecule has 0 aliphatic carbocycles. The highest BCUT2D eigenvalue weighted by atomic mass is 127. The number of benzene rings is 1. The van der Waals surface area contributed by atoms with Crippen LogP contribution in [0.4, 0.5) is 13.2 Å². The smallest absolute Gasteiger partial charge is 0.356 e. The van der Waals surface area contributed by atoms with Crippen LogP contribution in [0.15, 0.2) is 29.3 Å². The van der Waals surface area contributed by atoms with Crippen molar-refractivity contribution in [1.82, 2.24) is 15.1 Å². The summed E-state index contributed by atoms with van der Waals surface area (Å²) in [5.41, 5.74) is 0.885. The van der Waals surface area contributed by atoms with Gasteiger partial charge in [-0.1, -0.05) is 23.7 Å². The van der Waals surface area contributed by atoms with E-state index >= 15 is 0 Å². The molecule has 0 unspecified atom stereocenters. The molecule has 1 aromatic rings. The molecule has 0 atom stereocenters. The van der Waals surface area contributed by atoms with Crippen LogP contribution in [0.1, 0.15) is 24.8 Å². The van der Waals surface area contributed by atoms with Crippen molar-refractivity contribution in [3.05, 3.63) is 34.9 Å². The molecular weight excluding hydrogens is 520 g/mol. The molecule has 0 radical (unpaired) electrons. The van der Waals surface area contributed by atoms with Gasteiger partial charge < -0.3 is 15.1 Å². The van der Waals surface area contributed by atoms with Crippen LogP contribution >= 0.6 is 35.6 Å². The van der Waals surface area contributed by atoms with E-state index in [9.17, 15) is 18.0 Å². The second-order valence-corrected chi connectivity index (χ2v) is 7.16. The fourth-order valence-corrected chi connectivity index (χ4v) is 3.30. The Morgan fingerprint density at radius 3 is 2.41 bits per heavy atom. The topological polar surface area (TPSA) is 47.9 Å². The standard InChI is InChI=1S/C19H26ClF3N4O.HI/c1-24-18(25-8-3-2-7-19(21,22)23)27-11-9-26(10-12-27)17(28)14-15-5-4-6-16(20)13-15;/h4-6,13H,2-3,7-12,14H2,1H3,(H,24,25);1H. The summed E-state index contributed by atoms with van der Waals surface area (Å²) in [7, 11) is 1.65. The Kier molecular flexibility index (Phi) is 11.1. The molecule has 10 heteroatoms. The van der Waals surface area contributed by atoms with Gasteiger partial charge >= 0.3 is 6.18 Å². The number of hydrogen-bond acceptors (Lipinski definition) is 2. The van der Waals surface area contributed by atoms with Crippen LogP contribution in [0.5, 0.6) is 0 Å². The zero-order valence-corrected chi connectivity index (χ0v) is 19.4. The summed E-state index contributed by atoms with van der Waals surface area (Å²) in [6.07, 6.45) is -4.03. The number of carbonyl (C=O) groups excluding carboxylic acids is 1. The minimum absolute atomic E-state index is 0. The molecule has 0 bridgehead atoms. The van der Waals surface area contributed by atoms with E-state index in [0.29, 0.717) is 56.5 Å². The average Bonchev–Trinajstić information content (AvgIpc) is 2.64. The van der Waals surface area contributed by atoms with E-state index < -0.39 is 12.6 Å². The van der Waals surface area contributed by atoms with Gasteiger partial charge in [0.1, 0.15) is 0 Å². The number of rotatable bonds is 6. The summed E-state index contributed by atoms with van der Waals surface area (Å²) in [6, 6.07) is 7.27. The highest BCUT2D eigenvalue weighted by Crippen LogP contribution is 2.21. The molecule has 1 N–H and O–H groups in total. The van der Waals surface area contributed by atoms with Crippen LogP contribution in [0.25, 0.3) is 0 Å². The van der Waals surface area contributed by atoms with Crippen LogP contribution in [-0.4, -0.2) is 67.6 Å². The van der Waals surface area contributed by atoms with Gasteiger partial charge in [-0.3, -0.25) is 9.79 Å². The number of aliphatic imine (C=N–C) groups is 1. The van der Waals surface area contributed by atoms with E-state index in [0.717, 1.165) is 5.56 Å². The molecule has 0 saturated carbocycles. The fourth-order valence-electron chi connectivity index (χ4n) is 3.08. The number of carbonyl (C=O) groups is 1. The molecule has 2 rings (SSSR count). The molecule has 1 aliphatic heterocycles. The number of unbranched alkanes of at least 4 members (excludes halogenated alkanes) is 1. The van der Waals surface area contributed by atoms with E-state index in [4.69, 9.17) is 11.6 Å². The second-order valence-electron chi connectivity index (χ2n) is 6.72. The van der Waals surface area contributed by atoms with Crippen LogP contribution in [0.2, 0.25) is 5.02 Å². The van der Waals surface area contributed by atoms with E-state index in [-0.39, 0.29) is 36.3 Å². The lowest BCUT2D eigenvalue weighted by atomic mass is 10.1. The monoisotopic (exact) mass is 546 g/mol. The van der Waals surface area contributed by atoms with Crippen molar-refractivity contribution in [2.24, 2.45) is 4.99 Å². The molecule has 1 fully saturated rings. The lowest BCUT2D eigenvalue weighted by Crippen LogP contribution is -2.54. The number of piperazine rings is 1. The Bertz CT molecular complexity index is 680. The minimum atomic E-state index is -4.10. The normalized spacial score (nSPS) is 15.1. The highest BCUT2D eigenvalue weighted by Gasteiger charge is 2.26. The molecule has 164 valence electrons. The third kappa shape index (κ3) is 9.41. The number of amides is 1. The summed E-state index contributed by atoms with van der Waals surface area (Å²) in [6.45, 7) is 2.85. The van der Waals surface area contributed by atoms with Gasteiger partial charge in [-0.2, -0.15) is 13.2 Å². The van der Waals surface area contributed by atoms with Crippen LogP contribution in [0, 0.1) is 0 Å². The van der Waals surface area contributed by atoms with Gasteiger partial charge in [0.05, 0.1) is 6.42 Å². The number of alkyl halides is 3. The Morgan fingerprint density at radius 2 is 1.83 bits per heavy atom. The van der Waals surface area contributed by atoms with Crippen LogP contribution in [0.3, 0.4) is 0 Å². The first-order chi connectivity index (χ1) is 13.3.